The summed E-state index contributed by atoms with van der Waals surface area (Å²) in [6.45, 7) is 2.54. The van der Waals surface area contributed by atoms with Crippen molar-refractivity contribution in [2.24, 2.45) is 0 Å². The first-order valence-electron chi connectivity index (χ1n) is 6.39. The smallest absolute Gasteiger partial charge is 0.262 e. The van der Waals surface area contributed by atoms with Crippen molar-refractivity contribution in [3.63, 3.8) is 0 Å². The van der Waals surface area contributed by atoms with Gasteiger partial charge >= 0.3 is 0 Å². The lowest BCUT2D eigenvalue weighted by atomic mass is 10.3. The van der Waals surface area contributed by atoms with Gasteiger partial charge in [-0.15, -0.1) is 0 Å². The third-order valence-electron chi connectivity index (χ3n) is 2.48. The summed E-state index contributed by atoms with van der Waals surface area (Å²) in [5.74, 6) is 1.56. The van der Waals surface area contributed by atoms with E-state index in [2.05, 4.69) is 6.55 Å². The Kier molecular flexibility index (Phi) is 5.46. The maximum absolute atomic E-state index is 5.80. The molecule has 0 aromatic heterocycles. The first-order valence-corrected chi connectivity index (χ1v) is 8.39. The molecule has 2 aromatic rings. The summed E-state index contributed by atoms with van der Waals surface area (Å²) >= 11 is 0. The van der Waals surface area contributed by atoms with E-state index in [4.69, 9.17) is 13.9 Å². The van der Waals surface area contributed by atoms with Gasteiger partial charge in [0.1, 0.15) is 18.1 Å². The third kappa shape index (κ3) is 4.77. The van der Waals surface area contributed by atoms with Crippen molar-refractivity contribution >= 4 is 9.76 Å². The fraction of sp³-hybridized carbons (Fsp3) is 0.200. The highest BCUT2D eigenvalue weighted by Crippen LogP contribution is 2.15. The Morgan fingerprint density at radius 2 is 1.32 bits per heavy atom. The Morgan fingerprint density at radius 1 is 0.842 bits per heavy atom. The zero-order valence-corrected chi connectivity index (χ0v) is 12.4. The molecule has 0 fully saturated rings. The molecule has 0 aliphatic rings. The van der Waals surface area contributed by atoms with Crippen LogP contribution in [0.4, 0.5) is 0 Å². The minimum absolute atomic E-state index is 0.419. The molecule has 0 spiro atoms. The summed E-state index contributed by atoms with van der Waals surface area (Å²) in [5, 5.41) is 0. The summed E-state index contributed by atoms with van der Waals surface area (Å²) in [4.78, 5) is 0. The molecular formula is C15H18O3Si. The fourth-order valence-corrected chi connectivity index (χ4v) is 2.04. The van der Waals surface area contributed by atoms with Crippen LogP contribution in [-0.2, 0) is 4.43 Å². The number of benzene rings is 2. The molecule has 19 heavy (non-hydrogen) atoms. The molecular weight excluding hydrogens is 256 g/mol. The van der Waals surface area contributed by atoms with Crippen LogP contribution in [-0.4, -0.2) is 22.7 Å². The molecule has 0 heterocycles. The van der Waals surface area contributed by atoms with Crippen molar-refractivity contribution in [2.45, 2.75) is 12.8 Å². The van der Waals surface area contributed by atoms with E-state index in [0.717, 1.165) is 11.5 Å². The average molecular weight is 274 g/mol. The van der Waals surface area contributed by atoms with Crippen LogP contribution < -0.4 is 9.47 Å². The Morgan fingerprint density at radius 3 is 1.74 bits per heavy atom. The van der Waals surface area contributed by atoms with E-state index in [9.17, 15) is 0 Å². The average Bonchev–Trinajstić information content (AvgIpc) is 2.47. The van der Waals surface area contributed by atoms with Crippen molar-refractivity contribution in [1.82, 2.24) is 0 Å². The van der Waals surface area contributed by atoms with Crippen LogP contribution in [0.5, 0.6) is 11.5 Å². The molecule has 0 unspecified atom stereocenters. The SMILES string of the molecule is C[SiH2]OCC(Oc1ccccc1)Oc1ccccc1. The van der Waals surface area contributed by atoms with Crippen LogP contribution in [0.2, 0.25) is 6.55 Å². The van der Waals surface area contributed by atoms with E-state index in [0.29, 0.717) is 6.61 Å². The highest BCUT2D eigenvalue weighted by Gasteiger charge is 2.12. The highest BCUT2D eigenvalue weighted by molar-refractivity contribution is 6.24. The lowest BCUT2D eigenvalue weighted by Gasteiger charge is -2.20. The first-order chi connectivity index (χ1) is 9.38. The number of ether oxygens (including phenoxy) is 2. The standard InChI is InChI=1S/C15H18O3Si/c1-19-16-12-15(17-13-8-4-2-5-9-13)18-14-10-6-3-7-11-14/h2-11,15H,12,19H2,1H3. The highest BCUT2D eigenvalue weighted by atomic mass is 28.2. The topological polar surface area (TPSA) is 27.7 Å². The number of hydrogen-bond donors (Lipinski definition) is 0. The molecule has 0 saturated carbocycles. The van der Waals surface area contributed by atoms with Gasteiger partial charge in [0.25, 0.3) is 6.29 Å². The quantitative estimate of drug-likeness (QED) is 0.574. The summed E-state index contributed by atoms with van der Waals surface area (Å²) < 4.78 is 17.1. The molecule has 4 heteroatoms. The maximum Gasteiger partial charge on any atom is 0.262 e. The van der Waals surface area contributed by atoms with Gasteiger partial charge in [-0.25, -0.2) is 0 Å². The zero-order valence-electron chi connectivity index (χ0n) is 11.0. The Bertz CT molecular complexity index is 420. The van der Waals surface area contributed by atoms with E-state index in [1.807, 2.05) is 60.7 Å². The van der Waals surface area contributed by atoms with Crippen LogP contribution in [0.1, 0.15) is 0 Å². The van der Waals surface area contributed by atoms with Crippen molar-refractivity contribution in [1.29, 1.82) is 0 Å². The second-order valence-electron chi connectivity index (χ2n) is 3.95. The van der Waals surface area contributed by atoms with Crippen LogP contribution in [0.3, 0.4) is 0 Å². The van der Waals surface area contributed by atoms with E-state index in [1.165, 1.54) is 0 Å². The molecule has 100 valence electrons. The minimum atomic E-state index is -0.467. The predicted molar refractivity (Wildman–Crippen MR) is 78.3 cm³/mol. The second kappa shape index (κ2) is 7.61. The third-order valence-corrected chi connectivity index (χ3v) is 3.12. The molecule has 0 aliphatic carbocycles. The minimum Gasteiger partial charge on any atom is -0.452 e. The number of para-hydroxylation sites is 2. The number of rotatable bonds is 7. The molecule has 3 nitrogen and oxygen atoms in total. The predicted octanol–water partition coefficient (Wildman–Crippen LogP) is 2.62. The lowest BCUT2D eigenvalue weighted by Crippen LogP contribution is -2.30. The molecule has 0 saturated heterocycles. The lowest BCUT2D eigenvalue weighted by molar-refractivity contribution is -0.0270. The van der Waals surface area contributed by atoms with Crippen molar-refractivity contribution in [3.05, 3.63) is 60.7 Å². The van der Waals surface area contributed by atoms with Crippen molar-refractivity contribution < 1.29 is 13.9 Å². The van der Waals surface area contributed by atoms with Crippen molar-refractivity contribution in [2.75, 3.05) is 6.61 Å². The van der Waals surface area contributed by atoms with Crippen LogP contribution >= 0.6 is 0 Å². The molecule has 0 aliphatic heterocycles. The Labute approximate surface area is 116 Å². The van der Waals surface area contributed by atoms with E-state index in [1.54, 1.807) is 0 Å². The van der Waals surface area contributed by atoms with Gasteiger partial charge < -0.3 is 13.9 Å². The molecule has 0 atom stereocenters. The van der Waals surface area contributed by atoms with Gasteiger partial charge in [-0.2, -0.15) is 0 Å². The zero-order chi connectivity index (χ0) is 13.3. The number of hydrogen-bond acceptors (Lipinski definition) is 3. The Hall–Kier alpha value is -1.78. The largest absolute Gasteiger partial charge is 0.452 e. The second-order valence-corrected chi connectivity index (χ2v) is 4.94. The van der Waals surface area contributed by atoms with Crippen LogP contribution in [0, 0.1) is 0 Å². The van der Waals surface area contributed by atoms with Gasteiger partial charge in [-0.05, 0) is 24.3 Å². The van der Waals surface area contributed by atoms with Crippen LogP contribution in [0.25, 0.3) is 0 Å². The van der Waals surface area contributed by atoms with Gasteiger partial charge in [0.05, 0.1) is 0 Å². The van der Waals surface area contributed by atoms with Gasteiger partial charge in [-0.1, -0.05) is 42.9 Å². The molecule has 0 radical (unpaired) electrons. The normalized spacial score (nSPS) is 11.1. The summed E-state index contributed by atoms with van der Waals surface area (Å²) in [6, 6.07) is 19.3. The first kappa shape index (κ1) is 13.6. The maximum atomic E-state index is 5.80. The van der Waals surface area contributed by atoms with Gasteiger partial charge in [0.15, 0.2) is 9.76 Å². The molecule has 2 rings (SSSR count). The van der Waals surface area contributed by atoms with Gasteiger partial charge in [-0.3, -0.25) is 0 Å². The summed E-state index contributed by atoms with van der Waals surface area (Å²) in [7, 11) is -0.467. The van der Waals surface area contributed by atoms with Gasteiger partial charge in [0.2, 0.25) is 0 Å². The molecule has 0 amide bonds. The molecule has 0 bridgehead atoms. The molecule has 0 N–H and O–H groups in total. The van der Waals surface area contributed by atoms with E-state index < -0.39 is 16.1 Å². The Balaban J connectivity index is 1.99. The molecule has 2 aromatic carbocycles. The fourth-order valence-electron chi connectivity index (χ4n) is 1.61. The summed E-state index contributed by atoms with van der Waals surface area (Å²) in [5.41, 5.74) is 0. The summed E-state index contributed by atoms with van der Waals surface area (Å²) in [6.07, 6.45) is -0.419. The van der Waals surface area contributed by atoms with E-state index >= 15 is 0 Å². The monoisotopic (exact) mass is 274 g/mol. The van der Waals surface area contributed by atoms with E-state index in [-0.39, 0.29) is 0 Å². The van der Waals surface area contributed by atoms with Crippen LogP contribution in [0.15, 0.2) is 60.7 Å². The van der Waals surface area contributed by atoms with Gasteiger partial charge in [0, 0.05) is 0 Å². The van der Waals surface area contributed by atoms with Crippen molar-refractivity contribution in [3.8, 4) is 11.5 Å².